The lowest BCUT2D eigenvalue weighted by Gasteiger charge is -2.19. The van der Waals surface area contributed by atoms with Gasteiger partial charge in [-0.3, -0.25) is 10.6 Å². The molecule has 0 saturated heterocycles. The van der Waals surface area contributed by atoms with Crippen LogP contribution in [0.15, 0.2) is 42.5 Å². The molecule has 2 aromatic carbocycles. The third-order valence-corrected chi connectivity index (χ3v) is 3.06. The molecule has 4 nitrogen and oxygen atoms in total. The van der Waals surface area contributed by atoms with Crippen molar-refractivity contribution in [3.63, 3.8) is 0 Å². The Bertz CT molecular complexity index is 643. The van der Waals surface area contributed by atoms with Crippen molar-refractivity contribution >= 4 is 17.3 Å². The van der Waals surface area contributed by atoms with Crippen molar-refractivity contribution in [2.75, 3.05) is 17.4 Å². The van der Waals surface area contributed by atoms with E-state index in [1.54, 1.807) is 31.3 Å². The van der Waals surface area contributed by atoms with Gasteiger partial charge in [-0.15, -0.1) is 0 Å². The highest BCUT2D eigenvalue weighted by molar-refractivity contribution is 6.09. The van der Waals surface area contributed by atoms with Crippen molar-refractivity contribution in [3.05, 3.63) is 59.4 Å². The Balaban J connectivity index is 2.36. The minimum atomic E-state index is -0.386. The number of amides is 1. The number of hydrazine groups is 1. The van der Waals surface area contributed by atoms with Gasteiger partial charge in [0.2, 0.25) is 0 Å². The Morgan fingerprint density at radius 1 is 1.25 bits per heavy atom. The minimum absolute atomic E-state index is 0.261. The van der Waals surface area contributed by atoms with E-state index < -0.39 is 0 Å². The van der Waals surface area contributed by atoms with Crippen LogP contribution in [0.3, 0.4) is 0 Å². The van der Waals surface area contributed by atoms with Crippen LogP contribution in [0.2, 0.25) is 0 Å². The van der Waals surface area contributed by atoms with Gasteiger partial charge in [0.05, 0.1) is 11.3 Å². The molecule has 104 valence electrons. The van der Waals surface area contributed by atoms with E-state index >= 15 is 0 Å². The smallest absolute Gasteiger partial charge is 0.260 e. The number of nitrogens with one attached hydrogen (secondary N) is 1. The first-order valence-corrected chi connectivity index (χ1v) is 6.14. The van der Waals surface area contributed by atoms with Gasteiger partial charge in [-0.1, -0.05) is 12.1 Å². The van der Waals surface area contributed by atoms with E-state index in [9.17, 15) is 9.18 Å². The van der Waals surface area contributed by atoms with E-state index in [0.29, 0.717) is 16.9 Å². The first-order valence-electron chi connectivity index (χ1n) is 6.14. The quantitative estimate of drug-likeness (QED) is 0.667. The Hall–Kier alpha value is -2.40. The molecular weight excluding hydrogens is 257 g/mol. The normalized spacial score (nSPS) is 10.2. The highest BCUT2D eigenvalue weighted by Crippen LogP contribution is 2.22. The van der Waals surface area contributed by atoms with Gasteiger partial charge in [0, 0.05) is 12.7 Å². The van der Waals surface area contributed by atoms with Gasteiger partial charge in [0.1, 0.15) is 5.82 Å². The van der Waals surface area contributed by atoms with Crippen LogP contribution in [0.25, 0.3) is 0 Å². The predicted octanol–water partition coefficient (Wildman–Crippen LogP) is 2.70. The zero-order chi connectivity index (χ0) is 14.7. The van der Waals surface area contributed by atoms with Crippen molar-refractivity contribution < 1.29 is 9.18 Å². The van der Waals surface area contributed by atoms with Gasteiger partial charge in [0.15, 0.2) is 0 Å². The molecule has 2 aromatic rings. The number of nitrogen functional groups attached to an aromatic ring is 1. The maximum atomic E-state index is 13.2. The SMILES string of the molecule is Cc1ccc(C(=O)N(C)c2cccc(F)c2)c(NN)c1. The molecule has 0 aliphatic heterocycles. The molecule has 0 bridgehead atoms. The first kappa shape index (κ1) is 14.0. The van der Waals surface area contributed by atoms with Crippen molar-refractivity contribution in [2.45, 2.75) is 6.92 Å². The Kier molecular flexibility index (Phi) is 4.00. The number of hydrogen-bond acceptors (Lipinski definition) is 3. The molecular formula is C15H16FN3O. The second kappa shape index (κ2) is 5.71. The number of carbonyl (C=O) groups excluding carboxylic acids is 1. The van der Waals surface area contributed by atoms with Crippen molar-refractivity contribution in [1.82, 2.24) is 0 Å². The molecule has 0 heterocycles. The van der Waals surface area contributed by atoms with Crippen LogP contribution in [-0.2, 0) is 0 Å². The van der Waals surface area contributed by atoms with Crippen LogP contribution in [0.1, 0.15) is 15.9 Å². The topological polar surface area (TPSA) is 58.4 Å². The molecule has 20 heavy (non-hydrogen) atoms. The average molecular weight is 273 g/mol. The summed E-state index contributed by atoms with van der Waals surface area (Å²) in [5.74, 6) is 4.79. The fraction of sp³-hybridized carbons (Fsp3) is 0.133. The standard InChI is InChI=1S/C15H16FN3O/c1-10-6-7-13(14(8-10)18-17)15(20)19(2)12-5-3-4-11(16)9-12/h3-9,18H,17H2,1-2H3. The molecule has 0 unspecified atom stereocenters. The van der Waals surface area contributed by atoms with Crippen LogP contribution in [0, 0.1) is 12.7 Å². The van der Waals surface area contributed by atoms with Gasteiger partial charge in [-0.2, -0.15) is 0 Å². The molecule has 5 heteroatoms. The van der Waals surface area contributed by atoms with E-state index in [1.807, 2.05) is 13.0 Å². The summed E-state index contributed by atoms with van der Waals surface area (Å²) in [6.45, 7) is 1.91. The zero-order valence-corrected chi connectivity index (χ0v) is 11.4. The molecule has 0 aliphatic carbocycles. The zero-order valence-electron chi connectivity index (χ0n) is 11.4. The van der Waals surface area contributed by atoms with E-state index in [4.69, 9.17) is 5.84 Å². The number of hydrogen-bond donors (Lipinski definition) is 2. The minimum Gasteiger partial charge on any atom is -0.323 e. The number of benzene rings is 2. The van der Waals surface area contributed by atoms with Gasteiger partial charge in [0.25, 0.3) is 5.91 Å². The van der Waals surface area contributed by atoms with Crippen molar-refractivity contribution in [3.8, 4) is 0 Å². The lowest BCUT2D eigenvalue weighted by Crippen LogP contribution is -2.27. The van der Waals surface area contributed by atoms with Crippen LogP contribution < -0.4 is 16.2 Å². The van der Waals surface area contributed by atoms with Gasteiger partial charge in [-0.25, -0.2) is 4.39 Å². The highest BCUT2D eigenvalue weighted by Gasteiger charge is 2.17. The number of halogens is 1. The second-order valence-corrected chi connectivity index (χ2v) is 4.54. The lowest BCUT2D eigenvalue weighted by molar-refractivity contribution is 0.0993. The van der Waals surface area contributed by atoms with Gasteiger partial charge < -0.3 is 10.3 Å². The number of anilines is 2. The van der Waals surface area contributed by atoms with E-state index in [2.05, 4.69) is 5.43 Å². The van der Waals surface area contributed by atoms with E-state index in [1.165, 1.54) is 17.0 Å². The first-order chi connectivity index (χ1) is 9.52. The van der Waals surface area contributed by atoms with Gasteiger partial charge in [-0.05, 0) is 42.8 Å². The molecule has 0 radical (unpaired) electrons. The van der Waals surface area contributed by atoms with E-state index in [0.717, 1.165) is 5.56 Å². The number of nitrogens with two attached hydrogens (primary N) is 1. The predicted molar refractivity (Wildman–Crippen MR) is 78.1 cm³/mol. The maximum absolute atomic E-state index is 13.2. The largest absolute Gasteiger partial charge is 0.323 e. The molecule has 0 atom stereocenters. The summed E-state index contributed by atoms with van der Waals surface area (Å²) in [4.78, 5) is 13.8. The average Bonchev–Trinajstić information content (AvgIpc) is 2.45. The summed E-state index contributed by atoms with van der Waals surface area (Å²) in [6, 6.07) is 11.2. The second-order valence-electron chi connectivity index (χ2n) is 4.54. The van der Waals surface area contributed by atoms with Gasteiger partial charge >= 0.3 is 0 Å². The lowest BCUT2D eigenvalue weighted by atomic mass is 10.1. The summed E-state index contributed by atoms with van der Waals surface area (Å²) in [7, 11) is 1.59. The number of nitrogens with zero attached hydrogens (tertiary/aromatic N) is 1. The van der Waals surface area contributed by atoms with Crippen molar-refractivity contribution in [1.29, 1.82) is 0 Å². The fourth-order valence-corrected chi connectivity index (χ4v) is 1.95. The summed E-state index contributed by atoms with van der Waals surface area (Å²) in [6.07, 6.45) is 0. The summed E-state index contributed by atoms with van der Waals surface area (Å²) >= 11 is 0. The van der Waals surface area contributed by atoms with Crippen LogP contribution in [-0.4, -0.2) is 13.0 Å². The molecule has 0 spiro atoms. The summed E-state index contributed by atoms with van der Waals surface area (Å²) in [5, 5.41) is 0. The molecule has 0 fully saturated rings. The molecule has 0 aromatic heterocycles. The number of aryl methyl sites for hydroxylation is 1. The van der Waals surface area contributed by atoms with Crippen LogP contribution >= 0.6 is 0 Å². The van der Waals surface area contributed by atoms with Crippen molar-refractivity contribution in [2.24, 2.45) is 5.84 Å². The molecule has 0 saturated carbocycles. The summed E-state index contributed by atoms with van der Waals surface area (Å²) in [5.41, 5.74) is 4.96. The monoisotopic (exact) mass is 273 g/mol. The molecule has 0 aliphatic rings. The number of rotatable bonds is 3. The van der Waals surface area contributed by atoms with Crippen LogP contribution in [0.4, 0.5) is 15.8 Å². The van der Waals surface area contributed by atoms with Crippen LogP contribution in [0.5, 0.6) is 0 Å². The molecule has 1 amide bonds. The fourth-order valence-electron chi connectivity index (χ4n) is 1.95. The maximum Gasteiger partial charge on any atom is 0.260 e. The highest BCUT2D eigenvalue weighted by atomic mass is 19.1. The molecule has 2 rings (SSSR count). The Morgan fingerprint density at radius 3 is 2.65 bits per heavy atom. The Morgan fingerprint density at radius 2 is 2.00 bits per heavy atom. The third kappa shape index (κ3) is 2.78. The molecule has 3 N–H and O–H groups in total. The Labute approximate surface area is 117 Å². The number of carbonyl (C=O) groups is 1. The van der Waals surface area contributed by atoms with E-state index in [-0.39, 0.29) is 11.7 Å². The third-order valence-electron chi connectivity index (χ3n) is 3.06. The summed E-state index contributed by atoms with van der Waals surface area (Å²) < 4.78 is 13.2.